The van der Waals surface area contributed by atoms with Gasteiger partial charge >= 0.3 is 244 Å². The Morgan fingerprint density at radius 2 is 1.97 bits per heavy atom. The quantitative estimate of drug-likeness (QED) is 0.119. The first kappa shape index (κ1) is 31.5. The minimum absolute atomic E-state index is 0.0884. The topological polar surface area (TPSA) is 128 Å². The molecule has 1 aliphatic rings. The van der Waals surface area contributed by atoms with Crippen molar-refractivity contribution in [2.45, 2.75) is 54.0 Å². The van der Waals surface area contributed by atoms with Crippen LogP contribution in [0.2, 0.25) is 0 Å². The predicted molar refractivity (Wildman–Crippen MR) is 142 cm³/mol. The number of ether oxygens (including phenoxy) is 1. The summed E-state index contributed by atoms with van der Waals surface area (Å²) in [4.78, 5) is 27.1. The Kier molecular flexibility index (Phi) is 11.4. The molecule has 0 radical (unpaired) electrons. The van der Waals surface area contributed by atoms with E-state index >= 15 is 0 Å². The summed E-state index contributed by atoms with van der Waals surface area (Å²) < 4.78 is 47.3. The van der Waals surface area contributed by atoms with Gasteiger partial charge in [-0.1, -0.05) is 0 Å². The summed E-state index contributed by atoms with van der Waals surface area (Å²) in [5, 5.41) is 12.9. The second-order valence-electron chi connectivity index (χ2n) is 9.62. The number of hydrogen-bond acceptors (Lipinski definition) is 8. The summed E-state index contributed by atoms with van der Waals surface area (Å²) in [6.45, 7) is 2.71. The Labute approximate surface area is 243 Å². The van der Waals surface area contributed by atoms with E-state index in [1.807, 2.05) is 19.0 Å². The molecule has 2 aromatic carbocycles. The molecule has 0 spiro atoms. The number of sulfonamides is 1. The Hall–Kier alpha value is -2.01. The van der Waals surface area contributed by atoms with E-state index in [1.54, 1.807) is 25.1 Å². The van der Waals surface area contributed by atoms with Crippen molar-refractivity contribution in [3.63, 3.8) is 0 Å². The second kappa shape index (κ2) is 14.1. The third-order valence-electron chi connectivity index (χ3n) is 6.14. The van der Waals surface area contributed by atoms with Crippen LogP contribution in [-0.4, -0.2) is 72.2 Å². The summed E-state index contributed by atoms with van der Waals surface area (Å²) >= 11 is -0.127. The summed E-state index contributed by atoms with van der Waals surface area (Å²) in [5.41, 5.74) is -0.713. The molecule has 10 nitrogen and oxygen atoms in total. The van der Waals surface area contributed by atoms with E-state index in [9.17, 15) is 27.7 Å². The van der Waals surface area contributed by atoms with Gasteiger partial charge in [0.1, 0.15) is 0 Å². The van der Waals surface area contributed by atoms with Crippen molar-refractivity contribution in [1.82, 2.24) is 9.62 Å². The fraction of sp³-hybridized carbons (Fsp3) is 0.480. The van der Waals surface area contributed by atoms with E-state index in [4.69, 9.17) is 4.74 Å². The van der Waals surface area contributed by atoms with Crippen molar-refractivity contribution < 1.29 is 52.2 Å². The first-order chi connectivity index (χ1) is 18.4. The number of carbonyl (C=O) groups is 1. The zero-order valence-corrected chi connectivity index (χ0v) is 25.8. The number of carbonyl (C=O) groups excluding carboxylic acids is 1. The molecule has 216 valence electrons. The Morgan fingerprint density at radius 3 is 2.59 bits per heavy atom. The fourth-order valence-corrected chi connectivity index (χ4v) is 7.68. The van der Waals surface area contributed by atoms with Crippen LogP contribution in [0.25, 0.3) is 0 Å². The van der Waals surface area contributed by atoms with Gasteiger partial charge in [0, 0.05) is 0 Å². The molecule has 1 heterocycles. The number of benzene rings is 2. The van der Waals surface area contributed by atoms with Gasteiger partial charge in [-0.2, -0.15) is 0 Å². The SMILES string of the molecule is CN(C)CC[C@H](CSc1ccc(F)cc1)Nc1ccc(S(=O)(=O)NC(=O)C2(C)CCCCO2)cc1[I-][N+](=O)O. The molecule has 2 atom stereocenters. The van der Waals surface area contributed by atoms with Crippen molar-refractivity contribution >= 4 is 33.4 Å². The van der Waals surface area contributed by atoms with Gasteiger partial charge in [0.15, 0.2) is 0 Å². The number of thioether (sulfide) groups is 1. The Morgan fingerprint density at radius 1 is 1.26 bits per heavy atom. The van der Waals surface area contributed by atoms with Gasteiger partial charge in [-0.15, -0.1) is 0 Å². The summed E-state index contributed by atoms with van der Waals surface area (Å²) in [6, 6.07) is 10.3. The Balaban J connectivity index is 1.81. The molecule has 1 unspecified atom stereocenters. The number of amides is 1. The van der Waals surface area contributed by atoms with Crippen molar-refractivity contribution in [3.8, 4) is 0 Å². The normalized spacial score (nSPS) is 18.6. The van der Waals surface area contributed by atoms with Gasteiger partial charge in [0.2, 0.25) is 0 Å². The molecule has 1 saturated heterocycles. The molecule has 1 aliphatic heterocycles. The van der Waals surface area contributed by atoms with Crippen LogP contribution >= 0.6 is 11.8 Å². The number of rotatable bonds is 13. The third-order valence-corrected chi connectivity index (χ3v) is 10.5. The number of nitrogens with zero attached hydrogens (tertiary/aromatic N) is 2. The van der Waals surface area contributed by atoms with Crippen molar-refractivity contribution in [2.24, 2.45) is 0 Å². The monoisotopic (exact) mass is 696 g/mol. The molecule has 0 aliphatic carbocycles. The number of anilines is 1. The van der Waals surface area contributed by atoms with Gasteiger partial charge in [-0.05, 0) is 0 Å². The molecule has 0 saturated carbocycles. The van der Waals surface area contributed by atoms with Crippen LogP contribution in [0.3, 0.4) is 0 Å². The van der Waals surface area contributed by atoms with Crippen molar-refractivity contribution in [1.29, 1.82) is 0 Å². The van der Waals surface area contributed by atoms with Gasteiger partial charge in [-0.25, -0.2) is 0 Å². The van der Waals surface area contributed by atoms with E-state index < -0.39 is 43.0 Å². The van der Waals surface area contributed by atoms with E-state index in [2.05, 4.69) is 10.0 Å². The standard InChI is InChI=1S/C25H34FIN4O6S2/c1-25(13-4-5-15-37-25)24(32)29-39(35,36)21-10-11-23(22(16-21)27-31(33)34)28-19(12-14-30(2)3)17-38-20-8-6-18(26)7-9-20/h6-11,16,19,28H,4-5,12-15,17H2,1-3H3,(H,29,32)(H,33,34)/t19-,25?/m1/s1. The average molecular weight is 697 g/mol. The maximum atomic E-state index is 13.3. The maximum absolute atomic E-state index is 13.3. The Bertz CT molecular complexity index is 1260. The van der Waals surface area contributed by atoms with E-state index in [-0.39, 0.29) is 19.9 Å². The van der Waals surface area contributed by atoms with E-state index in [0.717, 1.165) is 30.7 Å². The zero-order valence-electron chi connectivity index (χ0n) is 22.0. The van der Waals surface area contributed by atoms with Crippen LogP contribution in [0.5, 0.6) is 0 Å². The van der Waals surface area contributed by atoms with Gasteiger partial charge in [-0.3, -0.25) is 0 Å². The average Bonchev–Trinajstić information content (AvgIpc) is 2.87. The van der Waals surface area contributed by atoms with Crippen LogP contribution in [0.15, 0.2) is 52.3 Å². The van der Waals surface area contributed by atoms with Crippen LogP contribution in [0, 0.1) is 14.3 Å². The third kappa shape index (κ3) is 9.55. The van der Waals surface area contributed by atoms with Gasteiger partial charge < -0.3 is 0 Å². The summed E-state index contributed by atoms with van der Waals surface area (Å²) in [5.74, 6) is -0.436. The molecule has 0 bridgehead atoms. The predicted octanol–water partition coefficient (Wildman–Crippen LogP) is 0.456. The number of halogens is 2. The molecule has 2 aromatic rings. The summed E-state index contributed by atoms with van der Waals surface area (Å²) in [7, 11) is -0.349. The molecule has 3 N–H and O–H groups in total. The molecular weight excluding hydrogens is 662 g/mol. The number of nitrogens with one attached hydrogen (secondary N) is 2. The molecule has 3 rings (SSSR count). The molecule has 1 amide bonds. The first-order valence-electron chi connectivity index (χ1n) is 12.3. The zero-order chi connectivity index (χ0) is 28.6. The molecule has 39 heavy (non-hydrogen) atoms. The second-order valence-corrected chi connectivity index (χ2v) is 14.9. The van der Waals surface area contributed by atoms with E-state index in [1.165, 1.54) is 36.0 Å². The van der Waals surface area contributed by atoms with Gasteiger partial charge in [0.25, 0.3) is 0 Å². The van der Waals surface area contributed by atoms with Crippen molar-refractivity contribution in [2.75, 3.05) is 38.3 Å². The summed E-state index contributed by atoms with van der Waals surface area (Å²) in [6.07, 6.45) is 2.70. The minimum atomic E-state index is -4.26. The molecule has 0 aromatic heterocycles. The van der Waals surface area contributed by atoms with Crippen LogP contribution in [-0.2, 0) is 19.6 Å². The first-order valence-corrected chi connectivity index (χ1v) is 16.9. The van der Waals surface area contributed by atoms with E-state index in [0.29, 0.717) is 28.0 Å². The van der Waals surface area contributed by atoms with Crippen LogP contribution < -0.4 is 31.5 Å². The van der Waals surface area contributed by atoms with Crippen LogP contribution in [0.4, 0.5) is 10.1 Å². The number of hydrogen-bond donors (Lipinski definition) is 3. The van der Waals surface area contributed by atoms with Crippen LogP contribution in [0.1, 0.15) is 32.6 Å². The molecular formula is C25H34FIN4O6S2. The van der Waals surface area contributed by atoms with Crippen molar-refractivity contribution in [3.05, 3.63) is 56.8 Å². The fourth-order valence-electron chi connectivity index (χ4n) is 3.89. The van der Waals surface area contributed by atoms with Gasteiger partial charge in [0.05, 0.1) is 0 Å². The molecule has 1 fully saturated rings. The molecule has 14 heteroatoms.